The van der Waals surface area contributed by atoms with Crippen molar-refractivity contribution in [3.8, 4) is 11.5 Å². The lowest BCUT2D eigenvalue weighted by molar-refractivity contribution is 0.103. The van der Waals surface area contributed by atoms with E-state index in [0.717, 1.165) is 18.4 Å². The van der Waals surface area contributed by atoms with Crippen LogP contribution in [-0.4, -0.2) is 39.8 Å². The van der Waals surface area contributed by atoms with Gasteiger partial charge < -0.3 is 9.63 Å². The maximum Gasteiger partial charge on any atom is 0.257 e. The fourth-order valence-electron chi connectivity index (χ4n) is 2.27. The van der Waals surface area contributed by atoms with Crippen molar-refractivity contribution >= 4 is 0 Å². The summed E-state index contributed by atoms with van der Waals surface area (Å²) in [5.41, 5.74) is 0.923. The van der Waals surface area contributed by atoms with Gasteiger partial charge in [0.25, 0.3) is 5.89 Å². The van der Waals surface area contributed by atoms with Crippen LogP contribution in [0.3, 0.4) is 0 Å². The summed E-state index contributed by atoms with van der Waals surface area (Å²) in [4.78, 5) is 6.42. The van der Waals surface area contributed by atoms with Gasteiger partial charge in [0, 0.05) is 12.1 Å². The average Bonchev–Trinajstić information content (AvgIpc) is 3.21. The van der Waals surface area contributed by atoms with Gasteiger partial charge >= 0.3 is 0 Å². The third-order valence-electron chi connectivity index (χ3n) is 3.57. The third-order valence-corrected chi connectivity index (χ3v) is 3.57. The number of aliphatic hydroxyl groups is 1. The van der Waals surface area contributed by atoms with E-state index in [0.29, 0.717) is 30.7 Å². The zero-order valence-corrected chi connectivity index (χ0v) is 11.6. The lowest BCUT2D eigenvalue weighted by Gasteiger charge is -2.18. The fourth-order valence-corrected chi connectivity index (χ4v) is 2.27. The fraction of sp³-hybridized carbons (Fsp3) is 0.467. The van der Waals surface area contributed by atoms with Crippen molar-refractivity contribution in [2.24, 2.45) is 5.92 Å². The minimum Gasteiger partial charge on any atom is -0.392 e. The highest BCUT2D eigenvalue weighted by Gasteiger charge is 2.30. The molecule has 1 aromatic carbocycles. The molecule has 1 N–H and O–H groups in total. The van der Waals surface area contributed by atoms with Gasteiger partial charge in [0.05, 0.1) is 12.6 Å². The van der Waals surface area contributed by atoms with Crippen molar-refractivity contribution in [3.63, 3.8) is 0 Å². The number of likely N-dealkylation sites (N-methyl/N-ethyl adjacent to an activating group) is 1. The van der Waals surface area contributed by atoms with Gasteiger partial charge in [-0.1, -0.05) is 23.4 Å². The Morgan fingerprint density at radius 1 is 1.35 bits per heavy atom. The SMILES string of the molecule is CN(Cc1noc(-c2ccccc2)n1)CC(O)C1CC1. The van der Waals surface area contributed by atoms with Crippen LogP contribution in [0.4, 0.5) is 0 Å². The summed E-state index contributed by atoms with van der Waals surface area (Å²) in [6.45, 7) is 1.24. The molecule has 0 bridgehead atoms. The molecule has 1 fully saturated rings. The second kappa shape index (κ2) is 5.73. The van der Waals surface area contributed by atoms with E-state index in [1.54, 1.807) is 0 Å². The largest absolute Gasteiger partial charge is 0.392 e. The quantitative estimate of drug-likeness (QED) is 0.871. The van der Waals surface area contributed by atoms with Gasteiger partial charge in [-0.15, -0.1) is 0 Å². The molecule has 1 saturated carbocycles. The molecule has 0 aliphatic heterocycles. The second-order valence-corrected chi connectivity index (χ2v) is 5.48. The lowest BCUT2D eigenvalue weighted by Crippen LogP contribution is -2.30. The Morgan fingerprint density at radius 2 is 2.10 bits per heavy atom. The van der Waals surface area contributed by atoms with Crippen molar-refractivity contribution in [2.45, 2.75) is 25.5 Å². The van der Waals surface area contributed by atoms with Gasteiger partial charge in [-0.25, -0.2) is 0 Å². The highest BCUT2D eigenvalue weighted by atomic mass is 16.5. The molecule has 20 heavy (non-hydrogen) atoms. The van der Waals surface area contributed by atoms with Crippen LogP contribution in [0.1, 0.15) is 18.7 Å². The molecule has 2 aromatic rings. The molecule has 0 amide bonds. The summed E-state index contributed by atoms with van der Waals surface area (Å²) in [6, 6.07) is 9.72. The molecule has 0 radical (unpaired) electrons. The van der Waals surface area contributed by atoms with Crippen LogP contribution in [0, 0.1) is 5.92 Å². The zero-order valence-electron chi connectivity index (χ0n) is 11.6. The monoisotopic (exact) mass is 273 g/mol. The topological polar surface area (TPSA) is 62.4 Å². The first-order valence-electron chi connectivity index (χ1n) is 6.97. The van der Waals surface area contributed by atoms with Crippen molar-refractivity contribution in [2.75, 3.05) is 13.6 Å². The van der Waals surface area contributed by atoms with Gasteiger partial charge in [0.1, 0.15) is 0 Å². The number of hydrogen-bond donors (Lipinski definition) is 1. The summed E-state index contributed by atoms with van der Waals surface area (Å²) >= 11 is 0. The van der Waals surface area contributed by atoms with Crippen LogP contribution < -0.4 is 0 Å². The standard InChI is InChI=1S/C15H19N3O2/c1-18(9-13(19)11-7-8-11)10-14-16-15(20-17-14)12-5-3-2-4-6-12/h2-6,11,13,19H,7-10H2,1H3. The smallest absolute Gasteiger partial charge is 0.257 e. The first-order chi connectivity index (χ1) is 9.72. The predicted octanol–water partition coefficient (Wildman–Crippen LogP) is 1.94. The van der Waals surface area contributed by atoms with Crippen molar-refractivity contribution in [3.05, 3.63) is 36.2 Å². The Hall–Kier alpha value is -1.72. The molecule has 5 heteroatoms. The molecule has 1 heterocycles. The van der Waals surface area contributed by atoms with Gasteiger partial charge in [0.15, 0.2) is 5.82 Å². The van der Waals surface area contributed by atoms with Gasteiger partial charge in [-0.2, -0.15) is 4.98 Å². The summed E-state index contributed by atoms with van der Waals surface area (Å²) in [5, 5.41) is 13.9. The Morgan fingerprint density at radius 3 is 2.80 bits per heavy atom. The number of rotatable bonds is 6. The van der Waals surface area contributed by atoms with Crippen LogP contribution in [0.2, 0.25) is 0 Å². The highest BCUT2D eigenvalue weighted by Crippen LogP contribution is 2.32. The Balaban J connectivity index is 1.59. The average molecular weight is 273 g/mol. The minimum absolute atomic E-state index is 0.236. The summed E-state index contributed by atoms with van der Waals surface area (Å²) in [6.07, 6.45) is 2.06. The van der Waals surface area contributed by atoms with E-state index >= 15 is 0 Å². The van der Waals surface area contributed by atoms with Crippen LogP contribution in [-0.2, 0) is 6.54 Å². The number of aliphatic hydroxyl groups excluding tert-OH is 1. The third kappa shape index (κ3) is 3.23. The van der Waals surface area contributed by atoms with Crippen molar-refractivity contribution < 1.29 is 9.63 Å². The lowest BCUT2D eigenvalue weighted by atomic mass is 10.2. The van der Waals surface area contributed by atoms with Crippen LogP contribution >= 0.6 is 0 Å². The van der Waals surface area contributed by atoms with E-state index in [-0.39, 0.29) is 6.10 Å². The first-order valence-corrected chi connectivity index (χ1v) is 6.97. The number of nitrogens with zero attached hydrogens (tertiary/aromatic N) is 3. The summed E-state index contributed by atoms with van der Waals surface area (Å²) in [5.74, 6) is 1.67. The first kappa shape index (κ1) is 13.3. The number of hydrogen-bond acceptors (Lipinski definition) is 5. The molecule has 1 unspecified atom stereocenters. The van der Waals surface area contributed by atoms with Crippen LogP contribution in [0.15, 0.2) is 34.9 Å². The second-order valence-electron chi connectivity index (χ2n) is 5.48. The summed E-state index contributed by atoms with van der Waals surface area (Å²) < 4.78 is 5.27. The Bertz CT molecular complexity index is 551. The number of benzene rings is 1. The number of aromatic nitrogens is 2. The molecule has 1 aliphatic carbocycles. The Kier molecular flexibility index (Phi) is 3.80. The van der Waals surface area contributed by atoms with E-state index in [2.05, 4.69) is 10.1 Å². The molecule has 1 aliphatic rings. The van der Waals surface area contributed by atoms with Crippen molar-refractivity contribution in [1.82, 2.24) is 15.0 Å². The molecule has 1 atom stereocenters. The molecule has 0 spiro atoms. The summed E-state index contributed by atoms with van der Waals surface area (Å²) in [7, 11) is 1.96. The van der Waals surface area contributed by atoms with Gasteiger partial charge in [-0.05, 0) is 37.9 Å². The Labute approximate surface area is 118 Å². The highest BCUT2D eigenvalue weighted by molar-refractivity contribution is 5.51. The molecule has 0 saturated heterocycles. The maximum absolute atomic E-state index is 9.91. The molecule has 3 rings (SSSR count). The van der Waals surface area contributed by atoms with E-state index in [9.17, 15) is 5.11 Å². The maximum atomic E-state index is 9.91. The van der Waals surface area contributed by atoms with E-state index in [1.165, 1.54) is 0 Å². The van der Waals surface area contributed by atoms with E-state index in [4.69, 9.17) is 4.52 Å². The zero-order chi connectivity index (χ0) is 13.9. The predicted molar refractivity (Wildman–Crippen MR) is 74.8 cm³/mol. The van der Waals surface area contributed by atoms with Crippen LogP contribution in [0.5, 0.6) is 0 Å². The van der Waals surface area contributed by atoms with Crippen LogP contribution in [0.25, 0.3) is 11.5 Å². The van der Waals surface area contributed by atoms with Crippen molar-refractivity contribution in [1.29, 1.82) is 0 Å². The normalized spacial score (nSPS) is 16.6. The molecule has 5 nitrogen and oxygen atoms in total. The van der Waals surface area contributed by atoms with Gasteiger partial charge in [-0.3, -0.25) is 4.90 Å². The minimum atomic E-state index is -0.236. The molecular weight excluding hydrogens is 254 g/mol. The van der Waals surface area contributed by atoms with E-state index in [1.807, 2.05) is 42.3 Å². The molecular formula is C15H19N3O2. The molecule has 106 valence electrons. The molecule has 1 aromatic heterocycles. The van der Waals surface area contributed by atoms with E-state index < -0.39 is 0 Å². The van der Waals surface area contributed by atoms with Gasteiger partial charge in [0.2, 0.25) is 0 Å².